The molecule has 0 unspecified atom stereocenters. The third-order valence-corrected chi connectivity index (χ3v) is 5.41. The monoisotopic (exact) mass is 426 g/mol. The van der Waals surface area contributed by atoms with Gasteiger partial charge in [-0.25, -0.2) is 4.98 Å². The molecule has 0 aliphatic heterocycles. The van der Waals surface area contributed by atoms with Crippen LogP contribution in [0.3, 0.4) is 0 Å². The fourth-order valence-corrected chi connectivity index (χ4v) is 3.77. The van der Waals surface area contributed by atoms with Gasteiger partial charge in [0.15, 0.2) is 0 Å². The Kier molecular flexibility index (Phi) is 4.74. The van der Waals surface area contributed by atoms with E-state index in [9.17, 15) is 9.59 Å². The number of hydrogen-bond acceptors (Lipinski definition) is 4. The Morgan fingerprint density at radius 2 is 1.81 bits per heavy atom. The van der Waals surface area contributed by atoms with Crippen molar-refractivity contribution in [2.24, 2.45) is 0 Å². The second-order valence-electron chi connectivity index (χ2n) is 7.98. The Hall–Kier alpha value is -4.33. The van der Waals surface area contributed by atoms with Crippen molar-refractivity contribution >= 4 is 45.2 Å². The summed E-state index contributed by atoms with van der Waals surface area (Å²) in [5.41, 5.74) is 5.25. The van der Waals surface area contributed by atoms with Crippen molar-refractivity contribution < 1.29 is 4.79 Å². The molecule has 3 aromatic carbocycles. The maximum atomic E-state index is 12.8. The SMILES string of the molecule is CC(C)c1ccccc1Nc1nc2ccc(C(=O)Nc3ccc4c(=O)[nH][nH]c4c3)cc2[nH]1. The number of para-hydroxylation sites is 1. The van der Waals surface area contributed by atoms with Crippen LogP contribution in [0, 0.1) is 0 Å². The number of amides is 1. The van der Waals surface area contributed by atoms with Gasteiger partial charge in [0.1, 0.15) is 0 Å². The van der Waals surface area contributed by atoms with Crippen LogP contribution in [0.2, 0.25) is 0 Å². The van der Waals surface area contributed by atoms with Crippen LogP contribution < -0.4 is 16.2 Å². The first kappa shape index (κ1) is 19.6. The summed E-state index contributed by atoms with van der Waals surface area (Å²) in [5.74, 6) is 0.743. The molecule has 0 aliphatic rings. The molecular weight excluding hydrogens is 404 g/mol. The molecule has 32 heavy (non-hydrogen) atoms. The summed E-state index contributed by atoms with van der Waals surface area (Å²) in [6.07, 6.45) is 0. The van der Waals surface area contributed by atoms with Gasteiger partial charge in [0.25, 0.3) is 11.5 Å². The van der Waals surface area contributed by atoms with Gasteiger partial charge < -0.3 is 15.6 Å². The molecule has 0 fully saturated rings. The minimum Gasteiger partial charge on any atom is -0.325 e. The van der Waals surface area contributed by atoms with Crippen molar-refractivity contribution in [1.29, 1.82) is 0 Å². The van der Waals surface area contributed by atoms with Gasteiger partial charge >= 0.3 is 0 Å². The number of nitrogens with one attached hydrogen (secondary N) is 5. The molecule has 2 aromatic heterocycles. The van der Waals surface area contributed by atoms with Crippen LogP contribution in [0.5, 0.6) is 0 Å². The van der Waals surface area contributed by atoms with E-state index < -0.39 is 0 Å². The number of carbonyl (C=O) groups is 1. The zero-order valence-corrected chi connectivity index (χ0v) is 17.6. The lowest BCUT2D eigenvalue weighted by Crippen LogP contribution is -2.11. The molecule has 1 amide bonds. The summed E-state index contributed by atoms with van der Waals surface area (Å²) in [4.78, 5) is 32.3. The lowest BCUT2D eigenvalue weighted by Gasteiger charge is -2.12. The van der Waals surface area contributed by atoms with Gasteiger partial charge in [-0.05, 0) is 53.9 Å². The fraction of sp³-hybridized carbons (Fsp3) is 0.125. The maximum absolute atomic E-state index is 12.8. The first-order valence-electron chi connectivity index (χ1n) is 10.4. The molecule has 5 aromatic rings. The molecule has 5 rings (SSSR count). The number of anilines is 3. The van der Waals surface area contributed by atoms with Gasteiger partial charge in [-0.2, -0.15) is 0 Å². The highest BCUT2D eigenvalue weighted by atomic mass is 16.1. The molecule has 0 aliphatic carbocycles. The zero-order chi connectivity index (χ0) is 22.2. The van der Waals surface area contributed by atoms with E-state index in [1.165, 1.54) is 5.56 Å². The van der Waals surface area contributed by atoms with Gasteiger partial charge in [-0.15, -0.1) is 0 Å². The van der Waals surface area contributed by atoms with E-state index in [1.54, 1.807) is 30.3 Å². The van der Waals surface area contributed by atoms with E-state index in [-0.39, 0.29) is 11.5 Å². The summed E-state index contributed by atoms with van der Waals surface area (Å²) < 4.78 is 0. The number of H-pyrrole nitrogens is 3. The van der Waals surface area contributed by atoms with Crippen LogP contribution in [0.4, 0.5) is 17.3 Å². The smallest absolute Gasteiger partial charge is 0.271 e. The number of nitrogens with zero attached hydrogens (tertiary/aromatic N) is 1. The molecule has 5 N–H and O–H groups in total. The summed E-state index contributed by atoms with van der Waals surface area (Å²) in [6.45, 7) is 4.30. The normalized spacial score (nSPS) is 11.3. The van der Waals surface area contributed by atoms with Crippen LogP contribution >= 0.6 is 0 Å². The predicted octanol–water partition coefficient (Wildman–Crippen LogP) is 4.85. The van der Waals surface area contributed by atoms with Crippen molar-refractivity contribution in [3.63, 3.8) is 0 Å². The highest BCUT2D eigenvalue weighted by molar-refractivity contribution is 6.06. The fourth-order valence-electron chi connectivity index (χ4n) is 3.77. The molecule has 0 atom stereocenters. The first-order chi connectivity index (χ1) is 15.5. The Morgan fingerprint density at radius 3 is 2.66 bits per heavy atom. The van der Waals surface area contributed by atoms with E-state index in [0.29, 0.717) is 34.0 Å². The number of imidazole rings is 1. The second-order valence-corrected chi connectivity index (χ2v) is 7.98. The predicted molar refractivity (Wildman–Crippen MR) is 127 cm³/mol. The third-order valence-electron chi connectivity index (χ3n) is 5.41. The van der Waals surface area contributed by atoms with Crippen LogP contribution in [0.15, 0.2) is 65.5 Å². The van der Waals surface area contributed by atoms with E-state index in [2.05, 4.69) is 50.7 Å². The van der Waals surface area contributed by atoms with Gasteiger partial charge in [-0.1, -0.05) is 32.0 Å². The quantitative estimate of drug-likeness (QED) is 0.276. The zero-order valence-electron chi connectivity index (χ0n) is 17.6. The molecular formula is C24H22N6O2. The molecule has 0 bridgehead atoms. The van der Waals surface area contributed by atoms with E-state index in [0.717, 1.165) is 16.7 Å². The minimum absolute atomic E-state index is 0.192. The number of carbonyl (C=O) groups excluding carboxylic acids is 1. The Labute approximate surface area is 183 Å². The third kappa shape index (κ3) is 3.62. The average molecular weight is 426 g/mol. The molecule has 0 saturated heterocycles. The molecule has 0 saturated carbocycles. The number of fused-ring (bicyclic) bond motifs is 2. The molecule has 0 radical (unpaired) electrons. The van der Waals surface area contributed by atoms with Crippen LogP contribution in [-0.4, -0.2) is 26.1 Å². The standard InChI is InChI=1S/C24H22N6O2/c1-13(2)16-5-3-4-6-18(16)26-24-27-19-10-7-14(11-21(19)28-24)22(31)25-15-8-9-17-20(12-15)29-30-23(17)32/h3-13H,1-2H3,(H,25,31)(H2,26,27,28)(H2,29,30,32). The number of benzene rings is 3. The molecule has 8 heteroatoms. The van der Waals surface area contributed by atoms with Crippen molar-refractivity contribution in [2.75, 3.05) is 10.6 Å². The van der Waals surface area contributed by atoms with E-state index in [1.807, 2.05) is 24.3 Å². The van der Waals surface area contributed by atoms with Crippen molar-refractivity contribution in [3.8, 4) is 0 Å². The van der Waals surface area contributed by atoms with Crippen molar-refractivity contribution in [3.05, 3.63) is 82.1 Å². The summed E-state index contributed by atoms with van der Waals surface area (Å²) in [5, 5.41) is 12.1. The first-order valence-corrected chi connectivity index (χ1v) is 10.4. The summed E-state index contributed by atoms with van der Waals surface area (Å²) >= 11 is 0. The lowest BCUT2D eigenvalue weighted by atomic mass is 10.0. The van der Waals surface area contributed by atoms with Crippen LogP contribution in [0.1, 0.15) is 35.7 Å². The van der Waals surface area contributed by atoms with E-state index >= 15 is 0 Å². The Balaban J connectivity index is 1.38. The number of hydrogen-bond donors (Lipinski definition) is 5. The minimum atomic E-state index is -0.251. The molecule has 2 heterocycles. The molecule has 0 spiro atoms. The summed E-state index contributed by atoms with van der Waals surface area (Å²) in [6, 6.07) is 18.5. The van der Waals surface area contributed by atoms with Gasteiger partial charge in [-0.3, -0.25) is 19.8 Å². The summed E-state index contributed by atoms with van der Waals surface area (Å²) in [7, 11) is 0. The Bertz CT molecular complexity index is 1510. The van der Waals surface area contributed by atoms with Gasteiger partial charge in [0, 0.05) is 16.9 Å². The Morgan fingerprint density at radius 1 is 0.969 bits per heavy atom. The number of aromatic nitrogens is 4. The maximum Gasteiger partial charge on any atom is 0.271 e. The molecule has 8 nitrogen and oxygen atoms in total. The largest absolute Gasteiger partial charge is 0.325 e. The molecule has 160 valence electrons. The average Bonchev–Trinajstić information content (AvgIpc) is 3.35. The lowest BCUT2D eigenvalue weighted by molar-refractivity contribution is 0.102. The number of rotatable bonds is 5. The van der Waals surface area contributed by atoms with Crippen molar-refractivity contribution in [2.45, 2.75) is 19.8 Å². The number of aromatic amines is 3. The highest BCUT2D eigenvalue weighted by Gasteiger charge is 2.12. The second kappa shape index (κ2) is 7.73. The van der Waals surface area contributed by atoms with Crippen LogP contribution in [-0.2, 0) is 0 Å². The van der Waals surface area contributed by atoms with Gasteiger partial charge in [0.2, 0.25) is 5.95 Å². The van der Waals surface area contributed by atoms with E-state index in [4.69, 9.17) is 0 Å². The topological polar surface area (TPSA) is 118 Å². The van der Waals surface area contributed by atoms with Crippen molar-refractivity contribution in [1.82, 2.24) is 20.2 Å². The van der Waals surface area contributed by atoms with Gasteiger partial charge in [0.05, 0.1) is 21.9 Å². The highest BCUT2D eigenvalue weighted by Crippen LogP contribution is 2.27. The van der Waals surface area contributed by atoms with Crippen LogP contribution in [0.25, 0.3) is 21.9 Å².